The molecule has 6 heteroatoms. The molecule has 4 rings (SSSR count). The van der Waals surface area contributed by atoms with E-state index in [1.807, 2.05) is 54.6 Å². The standard InChI is InChI=1S/C23H17Cl2N3O/c24-18-10-11-19(20(25)12-18)22-13-21(27-28-22)16-6-8-17(9-7-16)23(29)26-14-15-4-2-1-3-5-15/h1-13H,14H2,(H,26,29)(H,27,28). The Morgan fingerprint density at radius 3 is 2.41 bits per heavy atom. The van der Waals surface area contributed by atoms with E-state index in [-0.39, 0.29) is 5.91 Å². The van der Waals surface area contributed by atoms with Gasteiger partial charge in [-0.25, -0.2) is 0 Å². The van der Waals surface area contributed by atoms with Gasteiger partial charge in [-0.15, -0.1) is 0 Å². The molecule has 0 bridgehead atoms. The molecule has 4 aromatic rings. The van der Waals surface area contributed by atoms with Gasteiger partial charge in [0.2, 0.25) is 0 Å². The molecule has 0 saturated heterocycles. The third kappa shape index (κ3) is 4.50. The normalized spacial score (nSPS) is 10.7. The summed E-state index contributed by atoms with van der Waals surface area (Å²) in [5.41, 5.74) is 4.95. The third-order valence-corrected chi connectivity index (χ3v) is 5.09. The lowest BCUT2D eigenvalue weighted by atomic mass is 10.1. The van der Waals surface area contributed by atoms with Crippen LogP contribution in [0.3, 0.4) is 0 Å². The summed E-state index contributed by atoms with van der Waals surface area (Å²) in [5.74, 6) is -0.115. The maximum Gasteiger partial charge on any atom is 0.251 e. The average Bonchev–Trinajstić information content (AvgIpc) is 3.23. The van der Waals surface area contributed by atoms with Crippen LogP contribution in [0.15, 0.2) is 78.9 Å². The van der Waals surface area contributed by atoms with E-state index in [0.29, 0.717) is 22.2 Å². The first-order valence-electron chi connectivity index (χ1n) is 9.03. The lowest BCUT2D eigenvalue weighted by Crippen LogP contribution is -2.22. The number of carbonyl (C=O) groups is 1. The van der Waals surface area contributed by atoms with E-state index >= 15 is 0 Å². The first kappa shape index (κ1) is 19.2. The van der Waals surface area contributed by atoms with E-state index in [9.17, 15) is 4.79 Å². The van der Waals surface area contributed by atoms with Gasteiger partial charge in [0.25, 0.3) is 5.91 Å². The minimum Gasteiger partial charge on any atom is -0.348 e. The van der Waals surface area contributed by atoms with E-state index in [2.05, 4.69) is 15.5 Å². The number of carbonyl (C=O) groups excluding carboxylic acids is 1. The van der Waals surface area contributed by atoms with Gasteiger partial charge in [0, 0.05) is 28.3 Å². The largest absolute Gasteiger partial charge is 0.348 e. The zero-order chi connectivity index (χ0) is 20.2. The Bertz CT molecular complexity index is 1140. The number of benzene rings is 3. The number of aromatic amines is 1. The number of hydrogen-bond acceptors (Lipinski definition) is 2. The van der Waals surface area contributed by atoms with E-state index in [0.717, 1.165) is 28.1 Å². The number of aromatic nitrogens is 2. The summed E-state index contributed by atoms with van der Waals surface area (Å²) >= 11 is 12.2. The topological polar surface area (TPSA) is 57.8 Å². The summed E-state index contributed by atoms with van der Waals surface area (Å²) in [6, 6.07) is 24.4. The van der Waals surface area contributed by atoms with Crippen molar-refractivity contribution in [3.8, 4) is 22.5 Å². The van der Waals surface area contributed by atoms with Crippen molar-refractivity contribution in [2.24, 2.45) is 0 Å². The van der Waals surface area contributed by atoms with Crippen LogP contribution >= 0.6 is 23.2 Å². The molecule has 29 heavy (non-hydrogen) atoms. The Morgan fingerprint density at radius 2 is 1.69 bits per heavy atom. The fourth-order valence-corrected chi connectivity index (χ4v) is 3.50. The van der Waals surface area contributed by atoms with Gasteiger partial charge in [0.05, 0.1) is 16.4 Å². The monoisotopic (exact) mass is 421 g/mol. The summed E-state index contributed by atoms with van der Waals surface area (Å²) < 4.78 is 0. The summed E-state index contributed by atoms with van der Waals surface area (Å²) in [7, 11) is 0. The predicted octanol–water partition coefficient (Wildman–Crippen LogP) is 5.98. The molecular formula is C23H17Cl2N3O. The highest BCUT2D eigenvalue weighted by atomic mass is 35.5. The fraction of sp³-hybridized carbons (Fsp3) is 0.0435. The summed E-state index contributed by atoms with van der Waals surface area (Å²) in [4.78, 5) is 12.4. The highest BCUT2D eigenvalue weighted by Crippen LogP contribution is 2.31. The van der Waals surface area contributed by atoms with Crippen molar-refractivity contribution in [2.45, 2.75) is 6.54 Å². The molecule has 0 atom stereocenters. The number of amides is 1. The van der Waals surface area contributed by atoms with E-state index in [1.165, 1.54) is 0 Å². The second-order valence-electron chi connectivity index (χ2n) is 6.54. The van der Waals surface area contributed by atoms with Gasteiger partial charge in [-0.2, -0.15) is 5.10 Å². The Labute approximate surface area is 178 Å². The molecule has 0 unspecified atom stereocenters. The molecule has 0 aliphatic carbocycles. The van der Waals surface area contributed by atoms with Crippen molar-refractivity contribution < 1.29 is 4.79 Å². The van der Waals surface area contributed by atoms with Crippen molar-refractivity contribution in [3.05, 3.63) is 100 Å². The molecule has 4 nitrogen and oxygen atoms in total. The number of nitrogens with one attached hydrogen (secondary N) is 2. The molecule has 0 saturated carbocycles. The molecule has 144 valence electrons. The van der Waals surface area contributed by atoms with Crippen molar-refractivity contribution in [1.82, 2.24) is 15.5 Å². The molecule has 0 aliphatic heterocycles. The van der Waals surface area contributed by atoms with Gasteiger partial charge in [0.1, 0.15) is 0 Å². The van der Waals surface area contributed by atoms with Crippen LogP contribution < -0.4 is 5.32 Å². The van der Waals surface area contributed by atoms with Crippen LogP contribution in [0.1, 0.15) is 15.9 Å². The lowest BCUT2D eigenvalue weighted by molar-refractivity contribution is 0.0951. The molecule has 0 fully saturated rings. The summed E-state index contributed by atoms with van der Waals surface area (Å²) in [6.45, 7) is 0.492. The molecule has 2 N–H and O–H groups in total. The third-order valence-electron chi connectivity index (χ3n) is 4.54. The van der Waals surface area contributed by atoms with Crippen LogP contribution in [0.4, 0.5) is 0 Å². The fourth-order valence-electron chi connectivity index (χ4n) is 2.99. The van der Waals surface area contributed by atoms with Gasteiger partial charge in [-0.3, -0.25) is 9.89 Å². The second kappa shape index (κ2) is 8.52. The molecule has 0 radical (unpaired) electrons. The quantitative estimate of drug-likeness (QED) is 0.416. The minimum atomic E-state index is -0.115. The maximum atomic E-state index is 12.4. The molecule has 3 aromatic carbocycles. The highest BCUT2D eigenvalue weighted by molar-refractivity contribution is 6.36. The Hall–Kier alpha value is -3.08. The van der Waals surface area contributed by atoms with Gasteiger partial charge in [-0.1, -0.05) is 65.7 Å². The average molecular weight is 422 g/mol. The summed E-state index contributed by atoms with van der Waals surface area (Å²) in [6.07, 6.45) is 0. The van der Waals surface area contributed by atoms with Crippen molar-refractivity contribution in [3.63, 3.8) is 0 Å². The number of hydrogen-bond donors (Lipinski definition) is 2. The Balaban J connectivity index is 1.47. The number of H-pyrrole nitrogens is 1. The highest BCUT2D eigenvalue weighted by Gasteiger charge is 2.11. The van der Waals surface area contributed by atoms with Crippen molar-refractivity contribution in [1.29, 1.82) is 0 Å². The van der Waals surface area contributed by atoms with Gasteiger partial charge in [0.15, 0.2) is 0 Å². The number of halogens is 2. The lowest BCUT2D eigenvalue weighted by Gasteiger charge is -2.06. The van der Waals surface area contributed by atoms with Gasteiger partial charge < -0.3 is 5.32 Å². The van der Waals surface area contributed by atoms with Gasteiger partial charge >= 0.3 is 0 Å². The van der Waals surface area contributed by atoms with Crippen LogP contribution in [-0.4, -0.2) is 16.1 Å². The minimum absolute atomic E-state index is 0.115. The first-order valence-corrected chi connectivity index (χ1v) is 9.79. The van der Waals surface area contributed by atoms with Crippen LogP contribution in [0.5, 0.6) is 0 Å². The van der Waals surface area contributed by atoms with E-state index in [1.54, 1.807) is 24.3 Å². The van der Waals surface area contributed by atoms with Crippen LogP contribution in [0.25, 0.3) is 22.5 Å². The zero-order valence-electron chi connectivity index (χ0n) is 15.3. The van der Waals surface area contributed by atoms with Gasteiger partial charge in [-0.05, 0) is 42.0 Å². The Morgan fingerprint density at radius 1 is 0.931 bits per heavy atom. The summed E-state index contributed by atoms with van der Waals surface area (Å²) in [5, 5.41) is 11.4. The van der Waals surface area contributed by atoms with Crippen molar-refractivity contribution in [2.75, 3.05) is 0 Å². The molecular weight excluding hydrogens is 405 g/mol. The first-order chi connectivity index (χ1) is 14.1. The van der Waals surface area contributed by atoms with Crippen LogP contribution in [0, 0.1) is 0 Å². The van der Waals surface area contributed by atoms with Crippen LogP contribution in [-0.2, 0) is 6.54 Å². The number of rotatable bonds is 5. The van der Waals surface area contributed by atoms with Crippen molar-refractivity contribution >= 4 is 29.1 Å². The van der Waals surface area contributed by atoms with E-state index in [4.69, 9.17) is 23.2 Å². The predicted molar refractivity (Wildman–Crippen MR) is 117 cm³/mol. The zero-order valence-corrected chi connectivity index (χ0v) is 16.8. The maximum absolute atomic E-state index is 12.4. The molecule has 0 aliphatic rings. The molecule has 1 aromatic heterocycles. The number of nitrogens with zero attached hydrogens (tertiary/aromatic N) is 1. The molecule has 0 spiro atoms. The molecule has 1 heterocycles. The SMILES string of the molecule is O=C(NCc1ccccc1)c1ccc(-c2cc(-c3ccc(Cl)cc3Cl)[nH]n2)cc1. The Kier molecular flexibility index (Phi) is 5.65. The van der Waals surface area contributed by atoms with Crippen LogP contribution in [0.2, 0.25) is 10.0 Å². The molecule has 1 amide bonds. The van der Waals surface area contributed by atoms with E-state index < -0.39 is 0 Å². The second-order valence-corrected chi connectivity index (χ2v) is 7.38. The smallest absolute Gasteiger partial charge is 0.251 e.